The molecule has 4 aliphatic rings. The van der Waals surface area contributed by atoms with Gasteiger partial charge in [0.15, 0.2) is 0 Å². The molecule has 0 spiro atoms. The maximum absolute atomic E-state index is 13.6. The first kappa shape index (κ1) is 31.5. The second-order valence-electron chi connectivity index (χ2n) is 14.5. The molecule has 8 heteroatoms. The Morgan fingerprint density at radius 3 is 2.47 bits per heavy atom. The molecular formula is C35H49BrClN5O. The fourth-order valence-electron chi connectivity index (χ4n) is 8.08. The van der Waals surface area contributed by atoms with E-state index in [9.17, 15) is 4.79 Å². The maximum Gasteiger partial charge on any atom is 0.223 e. The van der Waals surface area contributed by atoms with E-state index in [0.717, 1.165) is 107 Å². The van der Waals surface area contributed by atoms with Gasteiger partial charge in [-0.1, -0.05) is 38.4 Å². The molecular weight excluding hydrogens is 622 g/mol. The number of pyridine rings is 1. The molecule has 234 valence electrons. The van der Waals surface area contributed by atoms with Crippen LogP contribution in [0.25, 0.3) is 0 Å². The number of carbonyl (C=O) groups excluding carboxylic acids is 1. The molecule has 3 aliphatic heterocycles. The Morgan fingerprint density at radius 1 is 0.977 bits per heavy atom. The van der Waals surface area contributed by atoms with Crippen LogP contribution in [0.5, 0.6) is 0 Å². The summed E-state index contributed by atoms with van der Waals surface area (Å²) in [7, 11) is 0. The highest BCUT2D eigenvalue weighted by Crippen LogP contribution is 2.37. The number of benzene rings is 1. The highest BCUT2D eigenvalue weighted by atomic mass is 79.9. The molecule has 0 saturated carbocycles. The van der Waals surface area contributed by atoms with Crippen LogP contribution in [0, 0.1) is 11.3 Å². The minimum absolute atomic E-state index is 0.0575. The van der Waals surface area contributed by atoms with Crippen molar-refractivity contribution in [1.82, 2.24) is 25.0 Å². The Balaban J connectivity index is 1.13. The van der Waals surface area contributed by atoms with E-state index < -0.39 is 0 Å². The van der Waals surface area contributed by atoms with Gasteiger partial charge in [-0.2, -0.15) is 0 Å². The van der Waals surface area contributed by atoms with E-state index in [1.807, 2.05) is 12.3 Å². The number of aromatic nitrogens is 1. The van der Waals surface area contributed by atoms with E-state index in [1.165, 1.54) is 22.4 Å². The number of hydrogen-bond donors (Lipinski definition) is 1. The van der Waals surface area contributed by atoms with E-state index >= 15 is 0 Å². The van der Waals surface area contributed by atoms with Gasteiger partial charge in [-0.25, -0.2) is 0 Å². The average molecular weight is 671 g/mol. The molecule has 6 rings (SSSR count). The van der Waals surface area contributed by atoms with Gasteiger partial charge in [-0.3, -0.25) is 19.6 Å². The van der Waals surface area contributed by atoms with Crippen molar-refractivity contribution in [3.05, 3.63) is 62.3 Å². The molecule has 1 amide bonds. The SMILES string of the molecule is CC(C)(C)[C@H]1CN(C2CCN(C3Cc4ccc(Cl)cc4CCc4cc(Br)cnc43)CC2)CCN1C(=O)CC1CCNCC1. The zero-order valence-electron chi connectivity index (χ0n) is 26.3. The molecule has 1 unspecified atom stereocenters. The van der Waals surface area contributed by atoms with Crippen molar-refractivity contribution >= 4 is 33.4 Å². The summed E-state index contributed by atoms with van der Waals surface area (Å²) in [4.78, 5) is 26.3. The molecule has 3 fully saturated rings. The largest absolute Gasteiger partial charge is 0.337 e. The molecule has 43 heavy (non-hydrogen) atoms. The van der Waals surface area contributed by atoms with Crippen molar-refractivity contribution in [2.24, 2.45) is 11.3 Å². The van der Waals surface area contributed by atoms with E-state index in [2.05, 4.69) is 74.9 Å². The molecule has 1 N–H and O–H groups in total. The van der Waals surface area contributed by atoms with Gasteiger partial charge in [-0.15, -0.1) is 0 Å². The Kier molecular flexibility index (Phi) is 9.85. The summed E-state index contributed by atoms with van der Waals surface area (Å²) in [5, 5.41) is 4.27. The number of piperazine rings is 1. The Morgan fingerprint density at radius 2 is 1.72 bits per heavy atom. The molecule has 2 atom stereocenters. The first-order chi connectivity index (χ1) is 20.7. The topological polar surface area (TPSA) is 51.7 Å². The van der Waals surface area contributed by atoms with Gasteiger partial charge in [0.25, 0.3) is 0 Å². The standard InChI is InChI=1S/C35H49BrClN5O/c1-35(2,3)32-23-41(16-17-42(32)33(43)18-24-8-12-38-13-9-24)30-10-14-40(15-11-30)31-21-26-6-7-29(37)20-25(26)4-5-27-19-28(36)22-39-34(27)31/h6-7,19-20,22,24,30-32,38H,4-5,8-18,21,23H2,1-3H3/t31?,32-/m1/s1. The summed E-state index contributed by atoms with van der Waals surface area (Å²) in [6, 6.07) is 9.83. The van der Waals surface area contributed by atoms with Crippen LogP contribution < -0.4 is 5.32 Å². The first-order valence-corrected chi connectivity index (χ1v) is 17.7. The second kappa shape index (κ2) is 13.5. The van der Waals surface area contributed by atoms with Crippen molar-refractivity contribution in [2.75, 3.05) is 45.8 Å². The number of nitrogens with one attached hydrogen (secondary N) is 1. The number of halogens is 2. The summed E-state index contributed by atoms with van der Waals surface area (Å²) in [6.07, 6.45) is 10.2. The van der Waals surface area contributed by atoms with Gasteiger partial charge in [0.1, 0.15) is 0 Å². The molecule has 4 heterocycles. The van der Waals surface area contributed by atoms with Gasteiger partial charge in [0, 0.05) is 66.9 Å². The van der Waals surface area contributed by atoms with Crippen LogP contribution >= 0.6 is 27.5 Å². The minimum atomic E-state index is 0.0575. The number of rotatable bonds is 4. The van der Waals surface area contributed by atoms with Crippen LogP contribution in [0.3, 0.4) is 0 Å². The Hall–Kier alpha value is -1.51. The number of carbonyl (C=O) groups is 1. The summed E-state index contributed by atoms with van der Waals surface area (Å²) < 4.78 is 1.05. The van der Waals surface area contributed by atoms with Crippen LogP contribution in [-0.4, -0.2) is 83.5 Å². The van der Waals surface area contributed by atoms with Crippen molar-refractivity contribution in [3.63, 3.8) is 0 Å². The fourth-order valence-corrected chi connectivity index (χ4v) is 8.66. The maximum atomic E-state index is 13.6. The highest BCUT2D eigenvalue weighted by Gasteiger charge is 2.41. The molecule has 0 radical (unpaired) electrons. The zero-order chi connectivity index (χ0) is 30.1. The zero-order valence-corrected chi connectivity index (χ0v) is 28.6. The first-order valence-electron chi connectivity index (χ1n) is 16.6. The predicted octanol–water partition coefficient (Wildman–Crippen LogP) is 6.29. The van der Waals surface area contributed by atoms with Crippen molar-refractivity contribution in [1.29, 1.82) is 0 Å². The number of amides is 1. The third kappa shape index (κ3) is 7.33. The summed E-state index contributed by atoms with van der Waals surface area (Å²) in [6.45, 7) is 14.0. The van der Waals surface area contributed by atoms with Crippen LogP contribution in [0.2, 0.25) is 5.02 Å². The third-order valence-corrected chi connectivity index (χ3v) is 11.3. The smallest absolute Gasteiger partial charge is 0.223 e. The van der Waals surface area contributed by atoms with Crippen molar-refractivity contribution in [2.45, 2.75) is 90.3 Å². The van der Waals surface area contributed by atoms with Gasteiger partial charge < -0.3 is 10.2 Å². The number of piperidine rings is 2. The third-order valence-electron chi connectivity index (χ3n) is 10.6. The lowest BCUT2D eigenvalue weighted by Gasteiger charge is -2.51. The number of nitrogens with zero attached hydrogens (tertiary/aromatic N) is 4. The van der Waals surface area contributed by atoms with Gasteiger partial charge in [0.2, 0.25) is 5.91 Å². The van der Waals surface area contributed by atoms with Crippen molar-refractivity contribution < 1.29 is 4.79 Å². The Bertz CT molecular complexity index is 1280. The highest BCUT2D eigenvalue weighted by molar-refractivity contribution is 9.10. The van der Waals surface area contributed by atoms with Crippen molar-refractivity contribution in [3.8, 4) is 0 Å². The molecule has 1 aliphatic carbocycles. The molecule has 0 bridgehead atoms. The van der Waals surface area contributed by atoms with Gasteiger partial charge >= 0.3 is 0 Å². The van der Waals surface area contributed by atoms with Crippen LogP contribution in [0.4, 0.5) is 0 Å². The summed E-state index contributed by atoms with van der Waals surface area (Å²) in [5.41, 5.74) is 5.44. The number of likely N-dealkylation sites (tertiary alicyclic amines) is 1. The van der Waals surface area contributed by atoms with E-state index in [4.69, 9.17) is 16.6 Å². The normalized spacial score (nSPS) is 25.1. The van der Waals surface area contributed by atoms with Crippen LogP contribution in [-0.2, 0) is 24.1 Å². The summed E-state index contributed by atoms with van der Waals surface area (Å²) in [5.74, 6) is 0.916. The van der Waals surface area contributed by atoms with Crippen LogP contribution in [0.1, 0.15) is 81.3 Å². The number of hydrogen-bond acceptors (Lipinski definition) is 5. The molecule has 1 aromatic heterocycles. The quantitative estimate of drug-likeness (QED) is 0.415. The molecule has 3 saturated heterocycles. The molecule has 2 aromatic rings. The minimum Gasteiger partial charge on any atom is -0.337 e. The molecule has 1 aromatic carbocycles. The second-order valence-corrected chi connectivity index (χ2v) is 15.8. The van der Waals surface area contributed by atoms with E-state index in [0.29, 0.717) is 17.9 Å². The lowest BCUT2D eigenvalue weighted by atomic mass is 9.82. The number of fused-ring (bicyclic) bond motifs is 2. The lowest BCUT2D eigenvalue weighted by Crippen LogP contribution is -2.62. The average Bonchev–Trinajstić information content (AvgIpc) is 2.99. The van der Waals surface area contributed by atoms with Gasteiger partial charge in [-0.05, 0) is 120 Å². The van der Waals surface area contributed by atoms with Gasteiger partial charge in [0.05, 0.1) is 11.7 Å². The predicted molar refractivity (Wildman–Crippen MR) is 179 cm³/mol. The molecule has 6 nitrogen and oxygen atoms in total. The summed E-state index contributed by atoms with van der Waals surface area (Å²) >= 11 is 10.1. The monoisotopic (exact) mass is 669 g/mol. The fraction of sp³-hybridized carbons (Fsp3) is 0.657. The lowest BCUT2D eigenvalue weighted by molar-refractivity contribution is -0.142. The van der Waals surface area contributed by atoms with Crippen LogP contribution in [0.15, 0.2) is 34.9 Å². The Labute approximate surface area is 272 Å². The number of aryl methyl sites for hydroxylation is 2. The van der Waals surface area contributed by atoms with E-state index in [1.54, 1.807) is 0 Å². The van der Waals surface area contributed by atoms with E-state index in [-0.39, 0.29) is 17.5 Å².